The predicted molar refractivity (Wildman–Crippen MR) is 101 cm³/mol. The first-order valence-corrected chi connectivity index (χ1v) is 9.98. The quantitative estimate of drug-likeness (QED) is 0.810. The van der Waals surface area contributed by atoms with Gasteiger partial charge in [-0.05, 0) is 43.3 Å². The Hall–Kier alpha value is -2.94. The molecule has 8 nitrogen and oxygen atoms in total. The third-order valence-electron chi connectivity index (χ3n) is 4.06. The van der Waals surface area contributed by atoms with Crippen molar-refractivity contribution in [1.29, 1.82) is 0 Å². The van der Waals surface area contributed by atoms with Gasteiger partial charge in [-0.2, -0.15) is 0 Å². The number of carbonyl (C=O) groups is 1. The molecule has 0 bridgehead atoms. The average Bonchev–Trinajstić information content (AvgIpc) is 3.09. The van der Waals surface area contributed by atoms with E-state index in [9.17, 15) is 13.2 Å². The highest BCUT2D eigenvalue weighted by Crippen LogP contribution is 2.34. The summed E-state index contributed by atoms with van der Waals surface area (Å²) in [4.78, 5) is 12.7. The zero-order chi connectivity index (χ0) is 19.6. The molecule has 1 aliphatic rings. The molecule has 1 N–H and O–H groups in total. The van der Waals surface area contributed by atoms with E-state index in [2.05, 4.69) is 5.32 Å². The maximum Gasteiger partial charge on any atom is 0.247 e. The molecule has 3 rings (SSSR count). The number of hydrogen-bond acceptors (Lipinski definition) is 6. The van der Waals surface area contributed by atoms with Crippen LogP contribution in [0.15, 0.2) is 42.5 Å². The van der Waals surface area contributed by atoms with E-state index < -0.39 is 22.0 Å². The summed E-state index contributed by atoms with van der Waals surface area (Å²) in [6.07, 6.45) is 1.06. The Bertz CT molecular complexity index is 943. The predicted octanol–water partition coefficient (Wildman–Crippen LogP) is 2.22. The average molecular weight is 392 g/mol. The van der Waals surface area contributed by atoms with Crippen LogP contribution in [0.1, 0.15) is 6.92 Å². The molecule has 2 aromatic carbocycles. The number of nitrogens with zero attached hydrogens (tertiary/aromatic N) is 1. The summed E-state index contributed by atoms with van der Waals surface area (Å²) in [6.45, 7) is 1.65. The largest absolute Gasteiger partial charge is 0.497 e. The zero-order valence-electron chi connectivity index (χ0n) is 15.1. The number of sulfonamides is 1. The molecule has 0 spiro atoms. The molecule has 9 heteroatoms. The standard InChI is InChI=1S/C18H20N2O6S/c1-12(18(21)19-13-4-9-16-17(10-13)26-11-25-16)20(27(3,22)23)14-5-7-15(24-2)8-6-14/h4-10,12H,11H2,1-3H3,(H,19,21)/t12-/m0/s1. The van der Waals surface area contributed by atoms with Gasteiger partial charge in [0.25, 0.3) is 0 Å². The van der Waals surface area contributed by atoms with Gasteiger partial charge >= 0.3 is 0 Å². The van der Waals surface area contributed by atoms with Gasteiger partial charge in [0.1, 0.15) is 11.8 Å². The molecule has 144 valence electrons. The highest BCUT2D eigenvalue weighted by Gasteiger charge is 2.29. The summed E-state index contributed by atoms with van der Waals surface area (Å²) in [5, 5.41) is 2.71. The van der Waals surface area contributed by atoms with Crippen molar-refractivity contribution in [2.75, 3.05) is 29.8 Å². The molecule has 0 aromatic heterocycles. The Morgan fingerprint density at radius 2 is 1.81 bits per heavy atom. The Morgan fingerprint density at radius 3 is 2.44 bits per heavy atom. The number of fused-ring (bicyclic) bond motifs is 1. The number of carbonyl (C=O) groups excluding carboxylic acids is 1. The van der Waals surface area contributed by atoms with Crippen LogP contribution in [0.2, 0.25) is 0 Å². The van der Waals surface area contributed by atoms with Gasteiger partial charge in [-0.3, -0.25) is 9.10 Å². The van der Waals surface area contributed by atoms with E-state index in [1.54, 1.807) is 42.5 Å². The van der Waals surface area contributed by atoms with Crippen molar-refractivity contribution in [3.05, 3.63) is 42.5 Å². The van der Waals surface area contributed by atoms with E-state index in [4.69, 9.17) is 14.2 Å². The molecule has 2 aromatic rings. The monoisotopic (exact) mass is 392 g/mol. The van der Waals surface area contributed by atoms with Crippen LogP contribution in [0.25, 0.3) is 0 Å². The van der Waals surface area contributed by atoms with Crippen LogP contribution in [0.4, 0.5) is 11.4 Å². The Kier molecular flexibility index (Phi) is 5.13. The van der Waals surface area contributed by atoms with Crippen molar-refractivity contribution in [3.8, 4) is 17.2 Å². The Morgan fingerprint density at radius 1 is 1.15 bits per heavy atom. The SMILES string of the molecule is COc1ccc(N([C@@H](C)C(=O)Nc2ccc3c(c2)OCO3)S(C)(=O)=O)cc1. The highest BCUT2D eigenvalue weighted by atomic mass is 32.2. The van der Waals surface area contributed by atoms with E-state index in [0.29, 0.717) is 28.6 Å². The molecule has 0 aliphatic carbocycles. The van der Waals surface area contributed by atoms with Crippen LogP contribution in [-0.4, -0.2) is 40.5 Å². The van der Waals surface area contributed by atoms with Gasteiger partial charge in [-0.1, -0.05) is 0 Å². The van der Waals surface area contributed by atoms with Crippen LogP contribution in [0.5, 0.6) is 17.2 Å². The fraction of sp³-hybridized carbons (Fsp3) is 0.278. The molecule has 1 amide bonds. The second kappa shape index (κ2) is 7.36. The molecule has 0 saturated heterocycles. The lowest BCUT2D eigenvalue weighted by Crippen LogP contribution is -2.45. The number of amides is 1. The maximum atomic E-state index is 12.7. The molecule has 1 aliphatic heterocycles. The van der Waals surface area contributed by atoms with Gasteiger partial charge < -0.3 is 19.5 Å². The number of ether oxygens (including phenoxy) is 3. The molecule has 1 atom stereocenters. The fourth-order valence-electron chi connectivity index (χ4n) is 2.76. The molecule has 0 fully saturated rings. The van der Waals surface area contributed by atoms with E-state index >= 15 is 0 Å². The third-order valence-corrected chi connectivity index (χ3v) is 5.30. The van der Waals surface area contributed by atoms with Crippen LogP contribution in [0.3, 0.4) is 0 Å². The molecule has 1 heterocycles. The summed E-state index contributed by atoms with van der Waals surface area (Å²) in [7, 11) is -2.18. The zero-order valence-corrected chi connectivity index (χ0v) is 15.9. The van der Waals surface area contributed by atoms with Crippen molar-refractivity contribution < 1.29 is 27.4 Å². The maximum absolute atomic E-state index is 12.7. The van der Waals surface area contributed by atoms with Crippen molar-refractivity contribution in [2.24, 2.45) is 0 Å². The van der Waals surface area contributed by atoms with Crippen molar-refractivity contribution >= 4 is 27.3 Å². The molecule has 0 saturated carbocycles. The lowest BCUT2D eigenvalue weighted by molar-refractivity contribution is -0.116. The molecular weight excluding hydrogens is 372 g/mol. The second-order valence-corrected chi connectivity index (χ2v) is 7.85. The summed E-state index contributed by atoms with van der Waals surface area (Å²) in [5.74, 6) is 1.23. The van der Waals surface area contributed by atoms with Crippen molar-refractivity contribution in [2.45, 2.75) is 13.0 Å². The number of hydrogen-bond donors (Lipinski definition) is 1. The van der Waals surface area contributed by atoms with Crippen LogP contribution in [-0.2, 0) is 14.8 Å². The van der Waals surface area contributed by atoms with Gasteiger partial charge in [0, 0.05) is 11.8 Å². The second-order valence-electron chi connectivity index (χ2n) is 5.99. The molecule has 27 heavy (non-hydrogen) atoms. The lowest BCUT2D eigenvalue weighted by Gasteiger charge is -2.28. The first kappa shape index (κ1) is 18.8. The minimum absolute atomic E-state index is 0.127. The number of benzene rings is 2. The Balaban J connectivity index is 1.82. The van der Waals surface area contributed by atoms with Crippen LogP contribution in [0, 0.1) is 0 Å². The van der Waals surface area contributed by atoms with Gasteiger partial charge in [-0.15, -0.1) is 0 Å². The topological polar surface area (TPSA) is 94.2 Å². The Labute approximate surface area is 157 Å². The van der Waals surface area contributed by atoms with Crippen LogP contribution >= 0.6 is 0 Å². The van der Waals surface area contributed by atoms with E-state index in [-0.39, 0.29) is 6.79 Å². The van der Waals surface area contributed by atoms with Gasteiger partial charge in [0.15, 0.2) is 11.5 Å². The summed E-state index contributed by atoms with van der Waals surface area (Å²) < 4.78 is 41.3. The summed E-state index contributed by atoms with van der Waals surface area (Å²) in [5.41, 5.74) is 0.853. The van der Waals surface area contributed by atoms with Gasteiger partial charge in [-0.25, -0.2) is 8.42 Å². The van der Waals surface area contributed by atoms with Crippen LogP contribution < -0.4 is 23.8 Å². The van der Waals surface area contributed by atoms with Gasteiger partial charge in [0.2, 0.25) is 22.7 Å². The first-order chi connectivity index (χ1) is 12.8. The molecular formula is C18H20N2O6S. The van der Waals surface area contributed by atoms with Crippen molar-refractivity contribution in [1.82, 2.24) is 0 Å². The molecule has 0 unspecified atom stereocenters. The smallest absolute Gasteiger partial charge is 0.247 e. The normalized spacial score (nSPS) is 13.7. The van der Waals surface area contributed by atoms with E-state index in [1.165, 1.54) is 14.0 Å². The number of anilines is 2. The number of methoxy groups -OCH3 is 1. The summed E-state index contributed by atoms with van der Waals surface area (Å²) >= 11 is 0. The third kappa shape index (κ3) is 4.08. The summed E-state index contributed by atoms with van der Waals surface area (Å²) in [6, 6.07) is 10.4. The molecule has 0 radical (unpaired) electrons. The fourth-order valence-corrected chi connectivity index (χ4v) is 3.93. The van der Waals surface area contributed by atoms with E-state index in [0.717, 1.165) is 10.6 Å². The van der Waals surface area contributed by atoms with Gasteiger partial charge in [0.05, 0.1) is 19.1 Å². The highest BCUT2D eigenvalue weighted by molar-refractivity contribution is 7.92. The minimum Gasteiger partial charge on any atom is -0.497 e. The minimum atomic E-state index is -3.70. The number of rotatable bonds is 6. The lowest BCUT2D eigenvalue weighted by atomic mass is 10.2. The van der Waals surface area contributed by atoms with E-state index in [1.807, 2.05) is 0 Å². The number of nitrogens with one attached hydrogen (secondary N) is 1. The van der Waals surface area contributed by atoms with Crippen molar-refractivity contribution in [3.63, 3.8) is 0 Å². The first-order valence-electron chi connectivity index (χ1n) is 8.13.